The van der Waals surface area contributed by atoms with Crippen LogP contribution in [-0.2, 0) is 10.3 Å². The SMILES string of the molecule is O=C(N1CCCC2=C[C@H]3C[C@@H](CN4CCCC[C@@H]34)[C@H]21)C1(n2cnnn2)CCCCC1. The normalized spacial score (nSPS) is 35.9. The smallest absolute Gasteiger partial charge is 0.251 e. The first-order chi connectivity index (χ1) is 14.8. The van der Waals surface area contributed by atoms with Crippen LogP contribution in [0.1, 0.15) is 70.6 Å². The van der Waals surface area contributed by atoms with Gasteiger partial charge < -0.3 is 4.90 Å². The minimum atomic E-state index is -0.580. The first kappa shape index (κ1) is 19.0. The third kappa shape index (κ3) is 2.88. The van der Waals surface area contributed by atoms with Crippen LogP contribution in [0.3, 0.4) is 0 Å². The van der Waals surface area contributed by atoms with Gasteiger partial charge in [-0.15, -0.1) is 5.10 Å². The molecule has 0 radical (unpaired) electrons. The summed E-state index contributed by atoms with van der Waals surface area (Å²) in [5, 5.41) is 12.0. The highest BCUT2D eigenvalue weighted by molar-refractivity contribution is 5.85. The van der Waals surface area contributed by atoms with Crippen molar-refractivity contribution in [1.29, 1.82) is 0 Å². The lowest BCUT2D eigenvalue weighted by Crippen LogP contribution is -2.63. The average molecular weight is 411 g/mol. The van der Waals surface area contributed by atoms with E-state index >= 15 is 0 Å². The first-order valence-corrected chi connectivity index (χ1v) is 12.3. The second-order valence-corrected chi connectivity index (χ2v) is 10.4. The van der Waals surface area contributed by atoms with Crippen LogP contribution in [0.2, 0.25) is 0 Å². The van der Waals surface area contributed by atoms with Gasteiger partial charge >= 0.3 is 0 Å². The van der Waals surface area contributed by atoms with E-state index in [1.165, 1.54) is 51.6 Å². The summed E-state index contributed by atoms with van der Waals surface area (Å²) in [6, 6.07) is 1.04. The van der Waals surface area contributed by atoms with E-state index in [-0.39, 0.29) is 5.91 Å². The van der Waals surface area contributed by atoms with Crippen molar-refractivity contribution < 1.29 is 4.79 Å². The Hall–Kier alpha value is -1.76. The van der Waals surface area contributed by atoms with Gasteiger partial charge in [0, 0.05) is 19.1 Å². The molecular formula is C23H34N6O. The van der Waals surface area contributed by atoms with Crippen molar-refractivity contribution in [1.82, 2.24) is 30.0 Å². The van der Waals surface area contributed by atoms with Gasteiger partial charge in [0.1, 0.15) is 11.9 Å². The Morgan fingerprint density at radius 2 is 1.97 bits per heavy atom. The minimum absolute atomic E-state index is 0.282. The summed E-state index contributed by atoms with van der Waals surface area (Å²) < 4.78 is 1.79. The predicted octanol–water partition coefficient (Wildman–Crippen LogP) is 2.75. The highest BCUT2D eigenvalue weighted by Crippen LogP contribution is 2.46. The van der Waals surface area contributed by atoms with Crippen LogP contribution in [-0.4, -0.2) is 67.6 Å². The largest absolute Gasteiger partial charge is 0.334 e. The van der Waals surface area contributed by atoms with Crippen LogP contribution in [0.5, 0.6) is 0 Å². The standard InChI is InChI=1S/C23H34N6O/c30-22(23(9-3-1-4-10-23)29-16-24-25-26-29)28-12-6-7-17-13-18-14-19(21(17)28)15-27-11-5-2-8-20(18)27/h13,16,18-21H,1-12,14-15H2/t18-,19-,20-,21-/m0/s1. The second kappa shape index (κ2) is 7.43. The van der Waals surface area contributed by atoms with Gasteiger partial charge in [0.05, 0.1) is 6.04 Å². The van der Waals surface area contributed by atoms with Gasteiger partial charge in [0.2, 0.25) is 0 Å². The van der Waals surface area contributed by atoms with Crippen molar-refractivity contribution in [3.05, 3.63) is 18.0 Å². The predicted molar refractivity (Wildman–Crippen MR) is 113 cm³/mol. The summed E-state index contributed by atoms with van der Waals surface area (Å²) in [6.07, 6.45) is 17.0. The van der Waals surface area contributed by atoms with Crippen LogP contribution in [0.4, 0.5) is 0 Å². The van der Waals surface area contributed by atoms with E-state index in [1.807, 2.05) is 0 Å². The molecule has 5 aliphatic rings. The molecule has 0 aromatic carbocycles. The minimum Gasteiger partial charge on any atom is -0.334 e. The van der Waals surface area contributed by atoms with Crippen molar-refractivity contribution in [2.45, 2.75) is 88.3 Å². The lowest BCUT2D eigenvalue weighted by Gasteiger charge is -2.55. The Balaban J connectivity index is 1.34. The highest BCUT2D eigenvalue weighted by Gasteiger charge is 2.51. The summed E-state index contributed by atoms with van der Waals surface area (Å²) in [5.74, 6) is 1.57. The fourth-order valence-corrected chi connectivity index (χ4v) is 7.50. The number of piperidine rings is 3. The zero-order chi connectivity index (χ0) is 20.1. The maximum absolute atomic E-state index is 14.2. The van der Waals surface area contributed by atoms with Crippen molar-refractivity contribution in [2.24, 2.45) is 11.8 Å². The second-order valence-electron chi connectivity index (χ2n) is 10.4. The average Bonchev–Trinajstić information content (AvgIpc) is 3.34. The molecule has 0 N–H and O–H groups in total. The fourth-order valence-electron chi connectivity index (χ4n) is 7.50. The Labute approximate surface area is 178 Å². The van der Waals surface area contributed by atoms with Crippen LogP contribution >= 0.6 is 0 Å². The number of carbonyl (C=O) groups excluding carboxylic acids is 1. The molecule has 3 aliphatic heterocycles. The number of carbonyl (C=O) groups is 1. The number of nitrogens with zero attached hydrogens (tertiary/aromatic N) is 6. The summed E-state index contributed by atoms with van der Waals surface area (Å²) in [4.78, 5) is 19.3. The van der Waals surface area contributed by atoms with Crippen molar-refractivity contribution in [2.75, 3.05) is 19.6 Å². The number of fused-ring (bicyclic) bond motifs is 6. The van der Waals surface area contributed by atoms with Crippen molar-refractivity contribution in [3.8, 4) is 0 Å². The van der Waals surface area contributed by atoms with Crippen LogP contribution in [0.15, 0.2) is 18.0 Å². The zero-order valence-electron chi connectivity index (χ0n) is 18.0. The summed E-state index contributed by atoms with van der Waals surface area (Å²) in [7, 11) is 0. The Bertz CT molecular complexity index is 814. The molecule has 7 nitrogen and oxygen atoms in total. The van der Waals surface area contributed by atoms with Gasteiger partial charge in [-0.05, 0) is 73.8 Å². The highest BCUT2D eigenvalue weighted by atomic mass is 16.2. The molecule has 1 aromatic heterocycles. The fraction of sp³-hybridized carbons (Fsp3) is 0.826. The Kier molecular flexibility index (Phi) is 4.70. The van der Waals surface area contributed by atoms with Crippen LogP contribution < -0.4 is 0 Å². The monoisotopic (exact) mass is 410 g/mol. The van der Waals surface area contributed by atoms with E-state index in [1.54, 1.807) is 16.6 Å². The van der Waals surface area contributed by atoms with E-state index in [4.69, 9.17) is 0 Å². The maximum Gasteiger partial charge on any atom is 0.251 e. The summed E-state index contributed by atoms with van der Waals surface area (Å²) >= 11 is 0. The zero-order valence-corrected chi connectivity index (χ0v) is 18.0. The van der Waals surface area contributed by atoms with Gasteiger partial charge in [0.15, 0.2) is 0 Å². The number of amides is 1. The number of likely N-dealkylation sites (tertiary alicyclic amines) is 1. The number of rotatable bonds is 2. The molecule has 3 saturated heterocycles. The molecule has 1 amide bonds. The van der Waals surface area contributed by atoms with E-state index in [2.05, 4.69) is 31.4 Å². The molecule has 4 atom stereocenters. The molecule has 1 aromatic rings. The number of tetrazole rings is 1. The Morgan fingerprint density at radius 3 is 2.80 bits per heavy atom. The van der Waals surface area contributed by atoms with E-state index < -0.39 is 5.54 Å². The topological polar surface area (TPSA) is 67.2 Å². The Morgan fingerprint density at radius 1 is 1.07 bits per heavy atom. The third-order valence-corrected chi connectivity index (χ3v) is 8.78. The van der Waals surface area contributed by atoms with E-state index in [0.29, 0.717) is 17.9 Å². The molecule has 162 valence electrons. The van der Waals surface area contributed by atoms with Gasteiger partial charge in [-0.1, -0.05) is 37.3 Å². The molecule has 4 heterocycles. The number of hydrogen-bond donors (Lipinski definition) is 0. The number of hydrogen-bond acceptors (Lipinski definition) is 5. The summed E-state index contributed by atoms with van der Waals surface area (Å²) in [6.45, 7) is 3.30. The maximum atomic E-state index is 14.2. The lowest BCUT2D eigenvalue weighted by atomic mass is 9.67. The van der Waals surface area contributed by atoms with Gasteiger partial charge in [-0.25, -0.2) is 4.68 Å². The molecule has 1 saturated carbocycles. The molecule has 4 fully saturated rings. The molecule has 6 rings (SSSR count). The molecular weight excluding hydrogens is 376 g/mol. The molecule has 7 heteroatoms. The molecule has 30 heavy (non-hydrogen) atoms. The van der Waals surface area contributed by atoms with Crippen molar-refractivity contribution >= 4 is 5.91 Å². The third-order valence-electron chi connectivity index (χ3n) is 8.78. The summed E-state index contributed by atoms with van der Waals surface area (Å²) in [5.41, 5.74) is 0.979. The van der Waals surface area contributed by atoms with Gasteiger partial charge in [-0.3, -0.25) is 9.69 Å². The van der Waals surface area contributed by atoms with Crippen molar-refractivity contribution in [3.63, 3.8) is 0 Å². The van der Waals surface area contributed by atoms with Crippen LogP contribution in [0.25, 0.3) is 0 Å². The molecule has 0 unspecified atom stereocenters. The van der Waals surface area contributed by atoms with E-state index in [0.717, 1.165) is 44.7 Å². The molecule has 2 aliphatic carbocycles. The number of aromatic nitrogens is 4. The first-order valence-electron chi connectivity index (χ1n) is 12.3. The van der Waals surface area contributed by atoms with Gasteiger partial charge in [0.25, 0.3) is 5.91 Å². The van der Waals surface area contributed by atoms with E-state index in [9.17, 15) is 4.79 Å². The van der Waals surface area contributed by atoms with Gasteiger partial charge in [-0.2, -0.15) is 0 Å². The molecule has 2 bridgehead atoms. The lowest BCUT2D eigenvalue weighted by molar-refractivity contribution is -0.149. The quantitative estimate of drug-likeness (QED) is 0.702. The molecule has 0 spiro atoms. The van der Waals surface area contributed by atoms with Crippen LogP contribution in [0, 0.1) is 11.8 Å².